The topological polar surface area (TPSA) is 15.8 Å². The minimum atomic E-state index is 1.22. The molecule has 0 radical (unpaired) electrons. The summed E-state index contributed by atoms with van der Waals surface area (Å²) in [6, 6.07) is 10.8. The summed E-state index contributed by atoms with van der Waals surface area (Å²) >= 11 is 0. The molecule has 0 aliphatic heterocycles. The molecule has 0 aliphatic rings. The molecule has 1 heterocycles. The number of benzene rings is 1. The van der Waals surface area contributed by atoms with Gasteiger partial charge in [0.2, 0.25) is 0 Å². The second-order valence-electron chi connectivity index (χ2n) is 3.88. The highest BCUT2D eigenvalue weighted by Gasteiger charge is 2.03. The first-order valence-electron chi connectivity index (χ1n) is 4.90. The molecule has 0 amide bonds. The summed E-state index contributed by atoms with van der Waals surface area (Å²) in [6.07, 6.45) is 0. The molecule has 1 N–H and O–H groups in total. The summed E-state index contributed by atoms with van der Waals surface area (Å²) in [5.74, 6) is 0. The van der Waals surface area contributed by atoms with Crippen LogP contribution >= 0.6 is 0 Å². The zero-order valence-electron chi connectivity index (χ0n) is 8.89. The van der Waals surface area contributed by atoms with E-state index in [1.165, 1.54) is 28.1 Å². The van der Waals surface area contributed by atoms with Crippen molar-refractivity contribution in [3.63, 3.8) is 0 Å². The van der Waals surface area contributed by atoms with Crippen molar-refractivity contribution in [3.8, 4) is 11.3 Å². The van der Waals surface area contributed by atoms with Gasteiger partial charge in [0.15, 0.2) is 0 Å². The number of hydrogen-bond acceptors (Lipinski definition) is 0. The molecule has 0 atom stereocenters. The lowest BCUT2D eigenvalue weighted by Gasteiger charge is -2.00. The average molecular weight is 185 g/mol. The molecule has 0 aliphatic carbocycles. The second-order valence-corrected chi connectivity index (χ2v) is 3.88. The third kappa shape index (κ3) is 1.58. The van der Waals surface area contributed by atoms with Crippen LogP contribution in [-0.4, -0.2) is 4.98 Å². The van der Waals surface area contributed by atoms with Crippen LogP contribution < -0.4 is 0 Å². The number of H-pyrrole nitrogens is 1. The van der Waals surface area contributed by atoms with Gasteiger partial charge in [-0.2, -0.15) is 0 Å². The zero-order valence-corrected chi connectivity index (χ0v) is 8.89. The standard InChI is InChI=1S/C13H15N/c1-9-4-6-12(7-5-9)13-10(2)8-11(3)14-13/h4-8,14H,1-3H3. The van der Waals surface area contributed by atoms with Crippen molar-refractivity contribution in [1.82, 2.24) is 4.98 Å². The van der Waals surface area contributed by atoms with Crippen LogP contribution in [0.2, 0.25) is 0 Å². The van der Waals surface area contributed by atoms with Crippen molar-refractivity contribution in [2.24, 2.45) is 0 Å². The minimum absolute atomic E-state index is 1.22. The summed E-state index contributed by atoms with van der Waals surface area (Å²) in [7, 11) is 0. The van der Waals surface area contributed by atoms with Crippen LogP contribution in [0.3, 0.4) is 0 Å². The summed E-state index contributed by atoms with van der Waals surface area (Å²) in [6.45, 7) is 6.33. The first kappa shape index (κ1) is 9.07. The highest BCUT2D eigenvalue weighted by atomic mass is 14.7. The van der Waals surface area contributed by atoms with Crippen molar-refractivity contribution in [1.29, 1.82) is 0 Å². The van der Waals surface area contributed by atoms with Crippen molar-refractivity contribution < 1.29 is 0 Å². The van der Waals surface area contributed by atoms with Gasteiger partial charge in [-0.1, -0.05) is 29.8 Å². The summed E-state index contributed by atoms with van der Waals surface area (Å²) in [4.78, 5) is 3.38. The van der Waals surface area contributed by atoms with E-state index < -0.39 is 0 Å². The molecule has 0 saturated carbocycles. The zero-order chi connectivity index (χ0) is 10.1. The quantitative estimate of drug-likeness (QED) is 0.698. The smallest absolute Gasteiger partial charge is 0.0485 e. The molecular formula is C13H15N. The number of aromatic amines is 1. The van der Waals surface area contributed by atoms with Crippen LogP contribution in [0.25, 0.3) is 11.3 Å². The van der Waals surface area contributed by atoms with E-state index in [4.69, 9.17) is 0 Å². The van der Waals surface area contributed by atoms with Gasteiger partial charge in [0, 0.05) is 11.4 Å². The molecular weight excluding hydrogens is 170 g/mol. The van der Waals surface area contributed by atoms with Crippen molar-refractivity contribution in [2.75, 3.05) is 0 Å². The first-order valence-corrected chi connectivity index (χ1v) is 4.90. The molecule has 1 nitrogen and oxygen atoms in total. The van der Waals surface area contributed by atoms with Crippen LogP contribution in [0.15, 0.2) is 30.3 Å². The van der Waals surface area contributed by atoms with Gasteiger partial charge in [0.25, 0.3) is 0 Å². The predicted octanol–water partition coefficient (Wildman–Crippen LogP) is 3.61. The number of hydrogen-bond donors (Lipinski definition) is 1. The van der Waals surface area contributed by atoms with E-state index in [1.807, 2.05) is 0 Å². The fourth-order valence-electron chi connectivity index (χ4n) is 1.75. The fourth-order valence-corrected chi connectivity index (χ4v) is 1.75. The Morgan fingerprint density at radius 2 is 1.57 bits per heavy atom. The lowest BCUT2D eigenvalue weighted by Crippen LogP contribution is -1.81. The SMILES string of the molecule is Cc1ccc(-c2[nH]c(C)cc2C)cc1. The highest BCUT2D eigenvalue weighted by Crippen LogP contribution is 2.23. The monoisotopic (exact) mass is 185 g/mol. The van der Waals surface area contributed by atoms with Crippen molar-refractivity contribution >= 4 is 0 Å². The maximum atomic E-state index is 3.38. The van der Waals surface area contributed by atoms with E-state index in [2.05, 4.69) is 56.1 Å². The van der Waals surface area contributed by atoms with Gasteiger partial charge in [0.1, 0.15) is 0 Å². The van der Waals surface area contributed by atoms with Gasteiger partial charge in [0.05, 0.1) is 0 Å². The normalized spacial score (nSPS) is 10.5. The van der Waals surface area contributed by atoms with E-state index in [0.717, 1.165) is 0 Å². The Kier molecular flexibility index (Phi) is 2.16. The number of aromatic nitrogens is 1. The van der Waals surface area contributed by atoms with Crippen LogP contribution in [-0.2, 0) is 0 Å². The van der Waals surface area contributed by atoms with Crippen LogP contribution in [0, 0.1) is 20.8 Å². The summed E-state index contributed by atoms with van der Waals surface area (Å²) in [5.41, 5.74) is 6.34. The molecule has 1 aromatic carbocycles. The second kappa shape index (κ2) is 3.33. The van der Waals surface area contributed by atoms with E-state index in [9.17, 15) is 0 Å². The lowest BCUT2D eigenvalue weighted by molar-refractivity contribution is 1.26. The van der Waals surface area contributed by atoms with Gasteiger partial charge in [-0.05, 0) is 38.0 Å². The largest absolute Gasteiger partial charge is 0.358 e. The third-order valence-corrected chi connectivity index (χ3v) is 2.49. The fraction of sp³-hybridized carbons (Fsp3) is 0.231. The Morgan fingerprint density at radius 1 is 0.929 bits per heavy atom. The van der Waals surface area contributed by atoms with Crippen molar-refractivity contribution in [2.45, 2.75) is 20.8 Å². The maximum Gasteiger partial charge on any atom is 0.0485 e. The van der Waals surface area contributed by atoms with Crippen molar-refractivity contribution in [3.05, 3.63) is 47.2 Å². The summed E-state index contributed by atoms with van der Waals surface area (Å²) in [5, 5.41) is 0. The van der Waals surface area contributed by atoms with Gasteiger partial charge in [-0.25, -0.2) is 0 Å². The Bertz CT molecular complexity index is 435. The van der Waals surface area contributed by atoms with Crippen LogP contribution in [0.1, 0.15) is 16.8 Å². The highest BCUT2D eigenvalue weighted by molar-refractivity contribution is 5.64. The molecule has 0 bridgehead atoms. The van der Waals surface area contributed by atoms with Gasteiger partial charge in [-0.15, -0.1) is 0 Å². The number of aryl methyl sites for hydroxylation is 3. The minimum Gasteiger partial charge on any atom is -0.358 e. The number of nitrogens with one attached hydrogen (secondary N) is 1. The Morgan fingerprint density at radius 3 is 2.07 bits per heavy atom. The Labute approximate surface area is 84.8 Å². The molecule has 2 rings (SSSR count). The van der Waals surface area contributed by atoms with E-state index >= 15 is 0 Å². The van der Waals surface area contributed by atoms with Crippen LogP contribution in [0.4, 0.5) is 0 Å². The summed E-state index contributed by atoms with van der Waals surface area (Å²) < 4.78 is 0. The van der Waals surface area contributed by atoms with E-state index in [0.29, 0.717) is 0 Å². The molecule has 0 saturated heterocycles. The molecule has 0 fully saturated rings. The van der Waals surface area contributed by atoms with Gasteiger partial charge in [-0.3, -0.25) is 0 Å². The molecule has 0 spiro atoms. The molecule has 72 valence electrons. The molecule has 1 aromatic heterocycles. The average Bonchev–Trinajstić information content (AvgIpc) is 2.47. The van der Waals surface area contributed by atoms with Crippen LogP contribution in [0.5, 0.6) is 0 Å². The lowest BCUT2D eigenvalue weighted by atomic mass is 10.1. The third-order valence-electron chi connectivity index (χ3n) is 2.49. The van der Waals surface area contributed by atoms with Gasteiger partial charge < -0.3 is 4.98 Å². The van der Waals surface area contributed by atoms with E-state index in [-0.39, 0.29) is 0 Å². The van der Waals surface area contributed by atoms with Gasteiger partial charge >= 0.3 is 0 Å². The molecule has 2 aromatic rings. The first-order chi connectivity index (χ1) is 6.66. The Balaban J connectivity index is 2.49. The molecule has 1 heteroatoms. The predicted molar refractivity (Wildman–Crippen MR) is 60.4 cm³/mol. The van der Waals surface area contributed by atoms with E-state index in [1.54, 1.807) is 0 Å². The maximum absolute atomic E-state index is 3.38. The molecule has 0 unspecified atom stereocenters. The molecule has 14 heavy (non-hydrogen) atoms. The Hall–Kier alpha value is -1.50. The number of rotatable bonds is 1.